The summed E-state index contributed by atoms with van der Waals surface area (Å²) in [4.78, 5) is 30.6. The lowest BCUT2D eigenvalue weighted by Crippen LogP contribution is -2.14. The first-order valence-electron chi connectivity index (χ1n) is 8.75. The molecule has 0 aliphatic heterocycles. The third-order valence-electron chi connectivity index (χ3n) is 4.00. The molecule has 0 fully saturated rings. The van der Waals surface area contributed by atoms with E-state index in [1.54, 1.807) is 6.07 Å². The molecule has 0 spiro atoms. The van der Waals surface area contributed by atoms with E-state index in [9.17, 15) is 23.3 Å². The van der Waals surface area contributed by atoms with Gasteiger partial charge < -0.3 is 9.88 Å². The summed E-state index contributed by atoms with van der Waals surface area (Å²) in [5.41, 5.74) is 1.21. The van der Waals surface area contributed by atoms with E-state index in [2.05, 4.69) is 15.3 Å². The molecule has 3 N–H and O–H groups in total. The van der Waals surface area contributed by atoms with E-state index >= 15 is 0 Å². The summed E-state index contributed by atoms with van der Waals surface area (Å²) in [6.07, 6.45) is 2.91. The molecule has 0 atom stereocenters. The minimum atomic E-state index is -3.85. The van der Waals surface area contributed by atoms with Crippen molar-refractivity contribution in [2.45, 2.75) is 36.4 Å². The maximum absolute atomic E-state index is 12.2. The molecule has 2 heterocycles. The van der Waals surface area contributed by atoms with Crippen molar-refractivity contribution < 1.29 is 18.1 Å². The molecule has 0 saturated carbocycles. The number of imidazole rings is 1. The smallest absolute Gasteiger partial charge is 0.319 e. The highest BCUT2D eigenvalue weighted by molar-refractivity contribution is 7.99. The van der Waals surface area contributed by atoms with Gasteiger partial charge in [-0.05, 0) is 36.0 Å². The number of carbonyl (C=O) groups excluding carboxylic acids is 1. The third-order valence-corrected chi connectivity index (χ3v) is 6.75. The van der Waals surface area contributed by atoms with Crippen LogP contribution >= 0.6 is 23.1 Å². The number of amides is 1. The Morgan fingerprint density at radius 3 is 2.83 bits per heavy atom. The fourth-order valence-electron chi connectivity index (χ4n) is 2.60. The second kappa shape index (κ2) is 9.07. The van der Waals surface area contributed by atoms with Crippen molar-refractivity contribution in [3.63, 3.8) is 0 Å². The molecule has 1 amide bonds. The molecule has 11 nitrogen and oxygen atoms in total. The summed E-state index contributed by atoms with van der Waals surface area (Å²) in [5.74, 6) is -0.381. The van der Waals surface area contributed by atoms with Crippen molar-refractivity contribution in [2.75, 3.05) is 11.1 Å². The van der Waals surface area contributed by atoms with E-state index in [4.69, 9.17) is 5.14 Å². The number of thioether (sulfide) groups is 1. The van der Waals surface area contributed by atoms with Gasteiger partial charge in [0.2, 0.25) is 15.9 Å². The Hall–Kier alpha value is -2.55. The lowest BCUT2D eigenvalue weighted by Gasteiger charge is -2.08. The molecule has 14 heteroatoms. The van der Waals surface area contributed by atoms with Crippen molar-refractivity contribution in [3.05, 3.63) is 34.5 Å². The average Bonchev–Trinajstić information content (AvgIpc) is 3.28. The Labute approximate surface area is 179 Å². The predicted molar refractivity (Wildman–Crippen MR) is 114 cm³/mol. The van der Waals surface area contributed by atoms with Crippen LogP contribution in [0, 0.1) is 10.1 Å². The van der Waals surface area contributed by atoms with Crippen LogP contribution in [0.3, 0.4) is 0 Å². The highest BCUT2D eigenvalue weighted by Crippen LogP contribution is 2.28. The van der Waals surface area contributed by atoms with Crippen LogP contribution in [0.15, 0.2) is 34.4 Å². The molecule has 2 aromatic heterocycles. The van der Waals surface area contributed by atoms with Gasteiger partial charge in [-0.2, -0.15) is 0 Å². The molecule has 0 aliphatic carbocycles. The molecule has 3 aromatic rings. The number of nitrogens with one attached hydrogen (secondary N) is 1. The van der Waals surface area contributed by atoms with Crippen molar-refractivity contribution in [1.29, 1.82) is 0 Å². The SMILES string of the molecule is CCCCn1c(SCC(=O)Nc2ncc([N+](=O)[O-])s2)nc2cc(S(N)(=O)=O)ccc21. The van der Waals surface area contributed by atoms with Crippen LogP contribution in [0.5, 0.6) is 0 Å². The fraction of sp³-hybridized carbons (Fsp3) is 0.312. The van der Waals surface area contributed by atoms with Crippen LogP contribution in [0.2, 0.25) is 0 Å². The van der Waals surface area contributed by atoms with Crippen molar-refractivity contribution in [2.24, 2.45) is 5.14 Å². The van der Waals surface area contributed by atoms with Crippen LogP contribution in [0.4, 0.5) is 10.1 Å². The topological polar surface area (TPSA) is 163 Å². The highest BCUT2D eigenvalue weighted by atomic mass is 32.2. The summed E-state index contributed by atoms with van der Waals surface area (Å²) in [5, 5.41) is 19.0. The number of anilines is 1. The zero-order chi connectivity index (χ0) is 21.9. The van der Waals surface area contributed by atoms with Gasteiger partial charge in [0, 0.05) is 6.54 Å². The Bertz CT molecular complexity index is 1200. The van der Waals surface area contributed by atoms with Crippen LogP contribution in [0.1, 0.15) is 19.8 Å². The first-order chi connectivity index (χ1) is 14.2. The van der Waals surface area contributed by atoms with Crippen LogP contribution < -0.4 is 10.5 Å². The monoisotopic (exact) mass is 470 g/mol. The number of aromatic nitrogens is 3. The van der Waals surface area contributed by atoms with E-state index in [1.807, 2.05) is 11.5 Å². The van der Waals surface area contributed by atoms with Crippen molar-refractivity contribution in [1.82, 2.24) is 14.5 Å². The average molecular weight is 471 g/mol. The van der Waals surface area contributed by atoms with Gasteiger partial charge in [0.05, 0.1) is 26.6 Å². The number of benzene rings is 1. The number of nitrogens with zero attached hydrogens (tertiary/aromatic N) is 4. The summed E-state index contributed by atoms with van der Waals surface area (Å²) in [7, 11) is -3.85. The molecular formula is C16H18N6O5S3. The Kier molecular flexibility index (Phi) is 6.70. The molecule has 0 saturated heterocycles. The minimum absolute atomic E-state index is 0.00483. The summed E-state index contributed by atoms with van der Waals surface area (Å²) in [6, 6.07) is 4.49. The normalized spacial score (nSPS) is 11.7. The zero-order valence-corrected chi connectivity index (χ0v) is 18.2. The second-order valence-electron chi connectivity index (χ2n) is 6.19. The lowest BCUT2D eigenvalue weighted by atomic mass is 10.3. The standard InChI is InChI=1S/C16H18N6O5S3/c1-2-3-6-21-12-5-4-10(30(17,26)27)7-11(12)19-16(21)28-9-13(23)20-15-18-8-14(29-15)22(24)25/h4-5,7-8H,2-3,6,9H2,1H3,(H2,17,26,27)(H,18,20,23). The first kappa shape index (κ1) is 22.1. The lowest BCUT2D eigenvalue weighted by molar-refractivity contribution is -0.380. The fourth-order valence-corrected chi connectivity index (χ4v) is 4.62. The van der Waals surface area contributed by atoms with Gasteiger partial charge in [-0.15, -0.1) is 0 Å². The number of hydrogen-bond acceptors (Lipinski definition) is 9. The van der Waals surface area contributed by atoms with E-state index in [1.165, 1.54) is 23.9 Å². The van der Waals surface area contributed by atoms with E-state index in [-0.39, 0.29) is 26.7 Å². The number of nitrogens with two attached hydrogens (primary N) is 1. The van der Waals surface area contributed by atoms with Gasteiger partial charge >= 0.3 is 5.00 Å². The number of rotatable bonds is 9. The van der Waals surface area contributed by atoms with Crippen molar-refractivity contribution >= 4 is 60.2 Å². The maximum Gasteiger partial charge on any atom is 0.345 e. The quantitative estimate of drug-likeness (QED) is 0.274. The number of sulfonamides is 1. The number of fused-ring (bicyclic) bond motifs is 1. The predicted octanol–water partition coefficient (Wildman–Crippen LogP) is 2.58. The first-order valence-corrected chi connectivity index (χ1v) is 12.1. The number of hydrogen-bond donors (Lipinski definition) is 2. The van der Waals surface area contributed by atoms with Crippen molar-refractivity contribution in [3.8, 4) is 0 Å². The molecule has 0 aliphatic rings. The summed E-state index contributed by atoms with van der Waals surface area (Å²) < 4.78 is 25.2. The molecule has 0 unspecified atom stereocenters. The van der Waals surface area contributed by atoms with E-state index < -0.39 is 14.9 Å². The molecular weight excluding hydrogens is 452 g/mol. The van der Waals surface area contributed by atoms with Gasteiger partial charge in [-0.25, -0.2) is 23.5 Å². The number of primary sulfonamides is 1. The van der Waals surface area contributed by atoms with E-state index in [0.29, 0.717) is 17.2 Å². The molecule has 160 valence electrons. The number of nitro groups is 1. The Balaban J connectivity index is 1.79. The van der Waals surface area contributed by atoms with Gasteiger partial charge in [0.25, 0.3) is 0 Å². The maximum atomic E-state index is 12.2. The Morgan fingerprint density at radius 1 is 1.43 bits per heavy atom. The molecule has 3 rings (SSSR count). The van der Waals surface area contributed by atoms with Gasteiger partial charge in [0.15, 0.2) is 10.3 Å². The van der Waals surface area contributed by atoms with Gasteiger partial charge in [-0.1, -0.05) is 25.1 Å². The molecule has 0 bridgehead atoms. The zero-order valence-electron chi connectivity index (χ0n) is 15.8. The number of carbonyl (C=O) groups is 1. The number of thiazole rings is 1. The van der Waals surface area contributed by atoms with Crippen LogP contribution in [-0.4, -0.2) is 39.5 Å². The number of aryl methyl sites for hydroxylation is 1. The van der Waals surface area contributed by atoms with E-state index in [0.717, 1.165) is 35.9 Å². The highest BCUT2D eigenvalue weighted by Gasteiger charge is 2.17. The minimum Gasteiger partial charge on any atom is -0.319 e. The summed E-state index contributed by atoms with van der Waals surface area (Å²) >= 11 is 1.95. The largest absolute Gasteiger partial charge is 0.345 e. The third kappa shape index (κ3) is 5.13. The number of unbranched alkanes of at least 4 members (excludes halogenated alkanes) is 1. The molecule has 0 radical (unpaired) electrons. The molecule has 1 aromatic carbocycles. The van der Waals surface area contributed by atoms with Crippen LogP contribution in [0.25, 0.3) is 11.0 Å². The Morgan fingerprint density at radius 2 is 2.20 bits per heavy atom. The molecule has 30 heavy (non-hydrogen) atoms. The van der Waals surface area contributed by atoms with Crippen LogP contribution in [-0.2, 0) is 21.4 Å². The van der Waals surface area contributed by atoms with Gasteiger partial charge in [0.1, 0.15) is 6.20 Å². The second-order valence-corrected chi connectivity index (χ2v) is 9.71. The van der Waals surface area contributed by atoms with Gasteiger partial charge in [-0.3, -0.25) is 14.9 Å². The summed E-state index contributed by atoms with van der Waals surface area (Å²) in [6.45, 7) is 2.70.